The van der Waals surface area contributed by atoms with Crippen molar-refractivity contribution in [2.24, 2.45) is 0 Å². The number of benzene rings is 2. The monoisotopic (exact) mass is 350 g/mol. The molecule has 0 aromatic heterocycles. The number of anilines is 2. The highest BCUT2D eigenvalue weighted by atomic mass is 15.1. The predicted octanol–water partition coefficient (Wildman–Crippen LogP) is 6.17. The van der Waals surface area contributed by atoms with Crippen LogP contribution in [0.25, 0.3) is 0 Å². The van der Waals surface area contributed by atoms with Crippen LogP contribution in [0, 0.1) is 0 Å². The average molecular weight is 351 g/mol. The second-order valence-electron chi connectivity index (χ2n) is 8.31. The van der Waals surface area contributed by atoms with Crippen LogP contribution in [0.1, 0.15) is 69.1 Å². The molecule has 1 fully saturated rings. The second-order valence-corrected chi connectivity index (χ2v) is 8.31. The zero-order chi connectivity index (χ0) is 18.7. The molecule has 0 aliphatic carbocycles. The van der Waals surface area contributed by atoms with Gasteiger partial charge in [0.1, 0.15) is 0 Å². The molecule has 2 nitrogen and oxygen atoms in total. The van der Waals surface area contributed by atoms with Gasteiger partial charge >= 0.3 is 0 Å². The maximum Gasteiger partial charge on any atom is 0.0426 e. The summed E-state index contributed by atoms with van der Waals surface area (Å²) < 4.78 is 0. The molecule has 1 aliphatic rings. The number of rotatable bonds is 6. The van der Waals surface area contributed by atoms with Crippen LogP contribution in [0.3, 0.4) is 0 Å². The number of hydrogen-bond acceptors (Lipinski definition) is 2. The van der Waals surface area contributed by atoms with Gasteiger partial charge in [0.25, 0.3) is 0 Å². The van der Waals surface area contributed by atoms with Crippen LogP contribution in [0.5, 0.6) is 0 Å². The lowest BCUT2D eigenvalue weighted by molar-refractivity contribution is 0.825. The summed E-state index contributed by atoms with van der Waals surface area (Å²) >= 11 is 0. The lowest BCUT2D eigenvalue weighted by Gasteiger charge is -2.27. The van der Waals surface area contributed by atoms with Gasteiger partial charge in [0.15, 0.2) is 0 Å². The fraction of sp³-hybridized carbons (Fsp3) is 0.500. The molecule has 140 valence electrons. The van der Waals surface area contributed by atoms with Gasteiger partial charge in [0.2, 0.25) is 0 Å². The molecule has 1 heterocycles. The van der Waals surface area contributed by atoms with Crippen molar-refractivity contribution in [3.63, 3.8) is 0 Å². The summed E-state index contributed by atoms with van der Waals surface area (Å²) in [4.78, 5) is 4.96. The van der Waals surface area contributed by atoms with Gasteiger partial charge < -0.3 is 9.80 Å². The van der Waals surface area contributed by atoms with E-state index in [0.717, 1.165) is 6.54 Å². The molecular weight excluding hydrogens is 316 g/mol. The van der Waals surface area contributed by atoms with E-state index in [1.165, 1.54) is 54.0 Å². The predicted molar refractivity (Wildman–Crippen MR) is 115 cm³/mol. The summed E-state index contributed by atoms with van der Waals surface area (Å²) in [5.74, 6) is 1.09. The Morgan fingerprint density at radius 1 is 0.885 bits per heavy atom. The van der Waals surface area contributed by atoms with Crippen molar-refractivity contribution in [3.05, 3.63) is 59.2 Å². The Morgan fingerprint density at radius 2 is 1.54 bits per heavy atom. The normalized spacial score (nSPS) is 14.5. The minimum atomic E-state index is 0.539. The average Bonchev–Trinajstić information content (AvgIpc) is 3.16. The van der Waals surface area contributed by atoms with Gasteiger partial charge in [-0.05, 0) is 53.5 Å². The largest absolute Gasteiger partial charge is 0.371 e. The minimum Gasteiger partial charge on any atom is -0.371 e. The molecule has 1 saturated heterocycles. The van der Waals surface area contributed by atoms with Crippen molar-refractivity contribution >= 4 is 11.4 Å². The van der Waals surface area contributed by atoms with E-state index in [-0.39, 0.29) is 0 Å². The Hall–Kier alpha value is -1.96. The molecule has 2 aromatic carbocycles. The minimum absolute atomic E-state index is 0.539. The lowest BCUT2D eigenvalue weighted by Crippen LogP contribution is -2.21. The van der Waals surface area contributed by atoms with Gasteiger partial charge in [-0.25, -0.2) is 0 Å². The standard InChI is InChI=1S/C24H34N2/c1-18(2)21-10-6-7-11-23(21)25(5)17-20-12-13-24(22(16-20)19(3)4)26-14-8-9-15-26/h6-7,10-13,16,18-19H,8-9,14-15,17H2,1-5H3. The van der Waals surface area contributed by atoms with E-state index in [9.17, 15) is 0 Å². The fourth-order valence-corrected chi connectivity index (χ4v) is 4.09. The second kappa shape index (κ2) is 8.16. The van der Waals surface area contributed by atoms with Crippen molar-refractivity contribution < 1.29 is 0 Å². The zero-order valence-corrected chi connectivity index (χ0v) is 17.1. The van der Waals surface area contributed by atoms with Crippen molar-refractivity contribution in [2.75, 3.05) is 29.9 Å². The van der Waals surface area contributed by atoms with Crippen LogP contribution in [-0.4, -0.2) is 20.1 Å². The SMILES string of the molecule is CC(C)c1ccccc1N(C)Cc1ccc(N2CCCC2)c(C(C)C)c1. The van der Waals surface area contributed by atoms with Gasteiger partial charge in [0, 0.05) is 38.1 Å². The van der Waals surface area contributed by atoms with E-state index in [1.807, 2.05) is 0 Å². The van der Waals surface area contributed by atoms with Crippen LogP contribution in [0.15, 0.2) is 42.5 Å². The first-order valence-corrected chi connectivity index (χ1v) is 10.1. The summed E-state index contributed by atoms with van der Waals surface area (Å²) in [6, 6.07) is 15.9. The van der Waals surface area contributed by atoms with Gasteiger partial charge in [0.05, 0.1) is 0 Å². The van der Waals surface area contributed by atoms with E-state index >= 15 is 0 Å². The Bertz CT molecular complexity index is 727. The quantitative estimate of drug-likeness (QED) is 0.614. The van der Waals surface area contributed by atoms with Crippen LogP contribution in [-0.2, 0) is 6.54 Å². The van der Waals surface area contributed by atoms with Crippen molar-refractivity contribution in [2.45, 2.75) is 58.9 Å². The molecule has 2 aromatic rings. The third-order valence-electron chi connectivity index (χ3n) is 5.55. The summed E-state index contributed by atoms with van der Waals surface area (Å²) in [7, 11) is 2.21. The van der Waals surface area contributed by atoms with E-state index in [4.69, 9.17) is 0 Å². The van der Waals surface area contributed by atoms with Crippen molar-refractivity contribution in [3.8, 4) is 0 Å². The molecule has 0 spiro atoms. The van der Waals surface area contributed by atoms with Gasteiger partial charge in [-0.1, -0.05) is 58.0 Å². The molecular formula is C24H34N2. The van der Waals surface area contributed by atoms with Gasteiger partial charge in [-0.2, -0.15) is 0 Å². The Kier molecular flexibility index (Phi) is 5.90. The highest BCUT2D eigenvalue weighted by Crippen LogP contribution is 2.32. The first kappa shape index (κ1) is 18.8. The molecule has 0 unspecified atom stereocenters. The van der Waals surface area contributed by atoms with E-state index < -0.39 is 0 Å². The third kappa shape index (κ3) is 4.06. The molecule has 0 N–H and O–H groups in total. The van der Waals surface area contributed by atoms with Crippen LogP contribution in [0.4, 0.5) is 11.4 Å². The number of hydrogen-bond donors (Lipinski definition) is 0. The first-order chi connectivity index (χ1) is 12.5. The zero-order valence-electron chi connectivity index (χ0n) is 17.1. The smallest absolute Gasteiger partial charge is 0.0426 e. The highest BCUT2D eigenvalue weighted by Gasteiger charge is 2.18. The maximum absolute atomic E-state index is 2.57. The van der Waals surface area contributed by atoms with Crippen molar-refractivity contribution in [1.29, 1.82) is 0 Å². The van der Waals surface area contributed by atoms with E-state index in [2.05, 4.69) is 87.0 Å². The highest BCUT2D eigenvalue weighted by molar-refractivity contribution is 5.58. The molecule has 0 saturated carbocycles. The Balaban J connectivity index is 1.85. The molecule has 1 aliphatic heterocycles. The van der Waals surface area contributed by atoms with E-state index in [0.29, 0.717) is 11.8 Å². The van der Waals surface area contributed by atoms with Crippen LogP contribution in [0.2, 0.25) is 0 Å². The summed E-state index contributed by atoms with van der Waals surface area (Å²) in [5.41, 5.74) is 7.11. The molecule has 3 rings (SSSR count). The Morgan fingerprint density at radius 3 is 2.19 bits per heavy atom. The van der Waals surface area contributed by atoms with E-state index in [1.54, 1.807) is 0 Å². The fourth-order valence-electron chi connectivity index (χ4n) is 4.09. The molecule has 0 atom stereocenters. The topological polar surface area (TPSA) is 6.48 Å². The maximum atomic E-state index is 2.57. The molecule has 0 amide bonds. The molecule has 0 bridgehead atoms. The first-order valence-electron chi connectivity index (χ1n) is 10.1. The number of para-hydroxylation sites is 1. The van der Waals surface area contributed by atoms with Gasteiger partial charge in [-0.3, -0.25) is 0 Å². The number of nitrogens with zero attached hydrogens (tertiary/aromatic N) is 2. The molecule has 26 heavy (non-hydrogen) atoms. The third-order valence-corrected chi connectivity index (χ3v) is 5.55. The Labute approximate surface area is 159 Å². The van der Waals surface area contributed by atoms with Crippen LogP contribution >= 0.6 is 0 Å². The van der Waals surface area contributed by atoms with Crippen molar-refractivity contribution in [1.82, 2.24) is 0 Å². The van der Waals surface area contributed by atoms with Crippen LogP contribution < -0.4 is 9.80 Å². The summed E-state index contributed by atoms with van der Waals surface area (Å²) in [5, 5.41) is 0. The summed E-state index contributed by atoms with van der Waals surface area (Å²) in [6.45, 7) is 12.5. The molecule has 0 radical (unpaired) electrons. The molecule has 2 heteroatoms. The van der Waals surface area contributed by atoms with Gasteiger partial charge in [-0.15, -0.1) is 0 Å². The lowest BCUT2D eigenvalue weighted by atomic mass is 9.97. The summed E-state index contributed by atoms with van der Waals surface area (Å²) in [6.07, 6.45) is 2.65.